The third-order valence-electron chi connectivity index (χ3n) is 2.64. The minimum absolute atomic E-state index is 0.0107. The van der Waals surface area contributed by atoms with Gasteiger partial charge in [-0.1, -0.05) is 0 Å². The summed E-state index contributed by atoms with van der Waals surface area (Å²) in [5, 5.41) is 17.6. The number of aromatic nitrogens is 2. The lowest BCUT2D eigenvalue weighted by molar-refractivity contribution is -0.384. The first-order valence-corrected chi connectivity index (χ1v) is 6.39. The van der Waals surface area contributed by atoms with Crippen LogP contribution in [-0.2, 0) is 0 Å². The molecule has 0 saturated heterocycles. The molecule has 0 spiro atoms. The molecule has 0 radical (unpaired) electrons. The topological polar surface area (TPSA) is 90.1 Å². The zero-order valence-corrected chi connectivity index (χ0v) is 12.0. The van der Waals surface area contributed by atoms with Gasteiger partial charge in [-0.25, -0.2) is 4.68 Å². The molecule has 0 aliphatic carbocycles. The van der Waals surface area contributed by atoms with Gasteiger partial charge < -0.3 is 5.32 Å². The second kappa shape index (κ2) is 5.35. The molecule has 1 N–H and O–H groups in total. The number of carbonyl (C=O) groups excluding carboxylic acids is 1. The standard InChI is InChI=1S/C14H16N4O3/c1-14(2,3)15-13(19)12-8-9-17(16-12)10-4-6-11(7-5-10)18(20)21/h4-9H,1-3H3,(H,15,19). The summed E-state index contributed by atoms with van der Waals surface area (Å²) in [4.78, 5) is 22.1. The monoisotopic (exact) mass is 288 g/mol. The van der Waals surface area contributed by atoms with Crippen LogP contribution >= 0.6 is 0 Å². The van der Waals surface area contributed by atoms with E-state index in [1.54, 1.807) is 24.4 Å². The highest BCUT2D eigenvalue weighted by molar-refractivity contribution is 5.92. The van der Waals surface area contributed by atoms with E-state index >= 15 is 0 Å². The third-order valence-corrected chi connectivity index (χ3v) is 2.64. The van der Waals surface area contributed by atoms with Crippen LogP contribution in [0.4, 0.5) is 5.69 Å². The van der Waals surface area contributed by atoms with Crippen molar-refractivity contribution >= 4 is 11.6 Å². The van der Waals surface area contributed by atoms with Crippen molar-refractivity contribution < 1.29 is 9.72 Å². The van der Waals surface area contributed by atoms with E-state index in [0.29, 0.717) is 11.4 Å². The predicted molar refractivity (Wildman–Crippen MR) is 77.4 cm³/mol. The number of carbonyl (C=O) groups is 1. The average molecular weight is 288 g/mol. The van der Waals surface area contributed by atoms with E-state index in [9.17, 15) is 14.9 Å². The fourth-order valence-corrected chi connectivity index (χ4v) is 1.72. The first-order chi connectivity index (χ1) is 9.76. The SMILES string of the molecule is CC(C)(C)NC(=O)c1ccn(-c2ccc([N+](=O)[O-])cc2)n1. The Balaban J connectivity index is 2.19. The van der Waals surface area contributed by atoms with Gasteiger partial charge in [0, 0.05) is 23.9 Å². The van der Waals surface area contributed by atoms with Crippen LogP contribution in [0.5, 0.6) is 0 Å². The molecule has 110 valence electrons. The van der Waals surface area contributed by atoms with Crippen molar-refractivity contribution in [2.45, 2.75) is 26.3 Å². The van der Waals surface area contributed by atoms with E-state index in [2.05, 4.69) is 10.4 Å². The van der Waals surface area contributed by atoms with Crippen molar-refractivity contribution in [2.24, 2.45) is 0 Å². The Labute approximate surface area is 121 Å². The number of hydrogen-bond acceptors (Lipinski definition) is 4. The van der Waals surface area contributed by atoms with E-state index in [1.165, 1.54) is 16.8 Å². The quantitative estimate of drug-likeness (QED) is 0.693. The Kier molecular flexibility index (Phi) is 3.75. The smallest absolute Gasteiger partial charge is 0.272 e. The molecule has 7 heteroatoms. The molecular formula is C14H16N4O3. The molecule has 0 unspecified atom stereocenters. The molecule has 1 aromatic carbocycles. The van der Waals surface area contributed by atoms with E-state index in [1.807, 2.05) is 20.8 Å². The highest BCUT2D eigenvalue weighted by Gasteiger charge is 2.17. The molecule has 1 amide bonds. The number of nitro groups is 1. The Hall–Kier alpha value is -2.70. The summed E-state index contributed by atoms with van der Waals surface area (Å²) in [6.45, 7) is 5.66. The van der Waals surface area contributed by atoms with Gasteiger partial charge in [-0.2, -0.15) is 5.10 Å². The van der Waals surface area contributed by atoms with Crippen LogP contribution in [0, 0.1) is 10.1 Å². The summed E-state index contributed by atoms with van der Waals surface area (Å²) >= 11 is 0. The number of non-ortho nitro benzene ring substituents is 1. The zero-order valence-electron chi connectivity index (χ0n) is 12.0. The molecule has 0 aliphatic rings. The Morgan fingerprint density at radius 3 is 2.38 bits per heavy atom. The van der Waals surface area contributed by atoms with Gasteiger partial charge in [0.15, 0.2) is 5.69 Å². The zero-order chi connectivity index (χ0) is 15.6. The molecule has 1 aromatic heterocycles. The summed E-state index contributed by atoms with van der Waals surface area (Å²) in [5.74, 6) is -0.261. The molecule has 2 aromatic rings. The fourth-order valence-electron chi connectivity index (χ4n) is 1.72. The highest BCUT2D eigenvalue weighted by atomic mass is 16.6. The summed E-state index contributed by atoms with van der Waals surface area (Å²) in [7, 11) is 0. The fraction of sp³-hybridized carbons (Fsp3) is 0.286. The van der Waals surface area contributed by atoms with Crippen LogP contribution in [0.25, 0.3) is 5.69 Å². The van der Waals surface area contributed by atoms with Gasteiger partial charge in [0.2, 0.25) is 0 Å². The lowest BCUT2D eigenvalue weighted by atomic mass is 10.1. The minimum Gasteiger partial charge on any atom is -0.346 e. The lowest BCUT2D eigenvalue weighted by Gasteiger charge is -2.19. The van der Waals surface area contributed by atoms with Gasteiger partial charge in [0.25, 0.3) is 11.6 Å². The maximum Gasteiger partial charge on any atom is 0.272 e. The first-order valence-electron chi connectivity index (χ1n) is 6.39. The van der Waals surface area contributed by atoms with Crippen LogP contribution in [0.1, 0.15) is 31.3 Å². The first kappa shape index (κ1) is 14.7. The molecule has 7 nitrogen and oxygen atoms in total. The van der Waals surface area contributed by atoms with Gasteiger partial charge >= 0.3 is 0 Å². The maximum absolute atomic E-state index is 12.0. The number of nitrogens with zero attached hydrogens (tertiary/aromatic N) is 3. The van der Waals surface area contributed by atoms with E-state index < -0.39 is 4.92 Å². The molecular weight excluding hydrogens is 272 g/mol. The largest absolute Gasteiger partial charge is 0.346 e. The van der Waals surface area contributed by atoms with E-state index in [-0.39, 0.29) is 17.1 Å². The van der Waals surface area contributed by atoms with E-state index in [0.717, 1.165) is 0 Å². The molecule has 2 rings (SSSR count). The second-order valence-corrected chi connectivity index (χ2v) is 5.62. The molecule has 1 heterocycles. The third kappa shape index (κ3) is 3.65. The van der Waals surface area contributed by atoms with Crippen LogP contribution in [0.2, 0.25) is 0 Å². The van der Waals surface area contributed by atoms with Gasteiger partial charge in [-0.3, -0.25) is 14.9 Å². The molecule has 0 bridgehead atoms. The average Bonchev–Trinajstić information content (AvgIpc) is 2.86. The molecule has 0 atom stereocenters. The molecule has 0 saturated carbocycles. The normalized spacial score (nSPS) is 11.2. The number of nitro benzene ring substituents is 1. The molecule has 0 fully saturated rings. The van der Waals surface area contributed by atoms with Crippen molar-refractivity contribution in [3.8, 4) is 5.69 Å². The van der Waals surface area contributed by atoms with Crippen molar-refractivity contribution in [1.82, 2.24) is 15.1 Å². The summed E-state index contributed by atoms with van der Waals surface area (Å²) in [6, 6.07) is 7.55. The number of hydrogen-bond donors (Lipinski definition) is 1. The number of benzene rings is 1. The predicted octanol–water partition coefficient (Wildman–Crippen LogP) is 2.31. The Bertz CT molecular complexity index is 668. The highest BCUT2D eigenvalue weighted by Crippen LogP contribution is 2.15. The Morgan fingerprint density at radius 2 is 1.86 bits per heavy atom. The van der Waals surface area contributed by atoms with Crippen LogP contribution in [-0.4, -0.2) is 26.1 Å². The number of amides is 1. The van der Waals surface area contributed by atoms with Crippen LogP contribution in [0.3, 0.4) is 0 Å². The van der Waals surface area contributed by atoms with Gasteiger partial charge in [-0.15, -0.1) is 0 Å². The van der Waals surface area contributed by atoms with Crippen molar-refractivity contribution in [2.75, 3.05) is 0 Å². The summed E-state index contributed by atoms with van der Waals surface area (Å²) in [6.07, 6.45) is 1.64. The van der Waals surface area contributed by atoms with Crippen LogP contribution < -0.4 is 5.32 Å². The maximum atomic E-state index is 12.0. The lowest BCUT2D eigenvalue weighted by Crippen LogP contribution is -2.40. The van der Waals surface area contributed by atoms with Gasteiger partial charge in [-0.05, 0) is 39.0 Å². The van der Waals surface area contributed by atoms with Crippen molar-refractivity contribution in [3.63, 3.8) is 0 Å². The van der Waals surface area contributed by atoms with Crippen molar-refractivity contribution in [3.05, 3.63) is 52.3 Å². The number of rotatable bonds is 3. The van der Waals surface area contributed by atoms with Gasteiger partial charge in [0.05, 0.1) is 10.6 Å². The number of nitrogens with one attached hydrogen (secondary N) is 1. The van der Waals surface area contributed by atoms with E-state index in [4.69, 9.17) is 0 Å². The molecule has 21 heavy (non-hydrogen) atoms. The second-order valence-electron chi connectivity index (χ2n) is 5.62. The summed E-state index contributed by atoms with van der Waals surface area (Å²) in [5.41, 5.74) is 0.615. The van der Waals surface area contributed by atoms with Crippen LogP contribution in [0.15, 0.2) is 36.5 Å². The van der Waals surface area contributed by atoms with Gasteiger partial charge in [0.1, 0.15) is 0 Å². The summed E-state index contributed by atoms with van der Waals surface area (Å²) < 4.78 is 1.50. The molecule has 0 aliphatic heterocycles. The Morgan fingerprint density at radius 1 is 1.24 bits per heavy atom. The minimum atomic E-state index is -0.463. The van der Waals surface area contributed by atoms with Crippen molar-refractivity contribution in [1.29, 1.82) is 0 Å².